The molecule has 5 rings (SSSR count). The zero-order valence-electron chi connectivity index (χ0n) is 27.1. The molecule has 0 bridgehead atoms. The number of carbonyl (C=O) groups excluding carboxylic acids is 2. The van der Waals surface area contributed by atoms with Gasteiger partial charge >= 0.3 is 11.7 Å². The summed E-state index contributed by atoms with van der Waals surface area (Å²) in [5, 5.41) is 6.05. The number of rotatable bonds is 12. The maximum atomic E-state index is 13.9. The zero-order chi connectivity index (χ0) is 33.1. The van der Waals surface area contributed by atoms with Crippen LogP contribution in [-0.2, 0) is 22.5 Å². The summed E-state index contributed by atoms with van der Waals surface area (Å²) in [6, 6.07) is 9.29. The Kier molecular flexibility index (Phi) is 9.42. The van der Waals surface area contributed by atoms with Crippen molar-refractivity contribution in [3.8, 4) is 11.6 Å². The number of para-hydroxylation sites is 1. The van der Waals surface area contributed by atoms with Crippen LogP contribution >= 0.6 is 0 Å². The number of nitrogens with one attached hydrogen (secondary N) is 2. The van der Waals surface area contributed by atoms with Crippen LogP contribution in [0.2, 0.25) is 0 Å². The van der Waals surface area contributed by atoms with Gasteiger partial charge in [0.2, 0.25) is 11.9 Å². The van der Waals surface area contributed by atoms with Gasteiger partial charge in [0.1, 0.15) is 11.3 Å². The highest BCUT2D eigenvalue weighted by atomic mass is 16.5. The number of nitrogens with zero attached hydrogens (tertiary/aromatic N) is 6. The first-order valence-corrected chi connectivity index (χ1v) is 15.1. The Morgan fingerprint density at radius 3 is 2.63 bits per heavy atom. The molecule has 4 aromatic rings. The van der Waals surface area contributed by atoms with E-state index in [1.54, 1.807) is 30.5 Å². The molecule has 1 amide bonds. The van der Waals surface area contributed by atoms with Crippen molar-refractivity contribution in [3.05, 3.63) is 70.8 Å². The molecule has 1 aliphatic heterocycles. The molecule has 0 fully saturated rings. The number of hydrogen-bond acceptors (Lipinski definition) is 10. The lowest BCUT2D eigenvalue weighted by Crippen LogP contribution is -2.29. The van der Waals surface area contributed by atoms with E-state index < -0.39 is 12.1 Å². The summed E-state index contributed by atoms with van der Waals surface area (Å²) in [6.45, 7) is 9.11. The van der Waals surface area contributed by atoms with Crippen LogP contribution in [-0.4, -0.2) is 83.3 Å². The average Bonchev–Trinajstić information content (AvgIpc) is 3.32. The SMILES string of the molecule is C=CC(=O)Nc1cc(Nc2ncc(C(=O)OC(C)C)c(-n3c(=O)n4c5c(cccc53)CCC4)n2)c(OC)cc1N(C)CCN(C)C. The highest BCUT2D eigenvalue weighted by Gasteiger charge is 2.26. The first kappa shape index (κ1) is 32.2. The van der Waals surface area contributed by atoms with Crippen LogP contribution in [0.3, 0.4) is 0 Å². The highest BCUT2D eigenvalue weighted by molar-refractivity contribution is 6.02. The number of benzene rings is 2. The van der Waals surface area contributed by atoms with Gasteiger partial charge < -0.3 is 29.9 Å². The predicted octanol–water partition coefficient (Wildman–Crippen LogP) is 3.97. The molecule has 13 nitrogen and oxygen atoms in total. The van der Waals surface area contributed by atoms with Crippen molar-refractivity contribution in [2.45, 2.75) is 39.3 Å². The highest BCUT2D eigenvalue weighted by Crippen LogP contribution is 2.38. The maximum absolute atomic E-state index is 13.9. The smallest absolute Gasteiger partial charge is 0.343 e. The Hall–Kier alpha value is -5.17. The monoisotopic (exact) mass is 628 g/mol. The molecule has 0 radical (unpaired) electrons. The van der Waals surface area contributed by atoms with Crippen molar-refractivity contribution in [1.29, 1.82) is 0 Å². The lowest BCUT2D eigenvalue weighted by atomic mass is 10.0. The molecule has 0 spiro atoms. The molecule has 2 aromatic carbocycles. The van der Waals surface area contributed by atoms with Crippen molar-refractivity contribution in [2.24, 2.45) is 0 Å². The van der Waals surface area contributed by atoms with Gasteiger partial charge in [-0.25, -0.2) is 19.1 Å². The Labute approximate surface area is 267 Å². The quantitative estimate of drug-likeness (QED) is 0.175. The molecule has 13 heteroatoms. The minimum absolute atomic E-state index is 0.0498. The molecule has 2 N–H and O–H groups in total. The number of aryl methyl sites for hydroxylation is 2. The van der Waals surface area contributed by atoms with E-state index in [-0.39, 0.29) is 28.9 Å². The molecule has 46 heavy (non-hydrogen) atoms. The number of esters is 1. The van der Waals surface area contributed by atoms with Crippen molar-refractivity contribution in [1.82, 2.24) is 24.0 Å². The lowest BCUT2D eigenvalue weighted by Gasteiger charge is -2.26. The van der Waals surface area contributed by atoms with E-state index in [4.69, 9.17) is 14.5 Å². The second-order valence-corrected chi connectivity index (χ2v) is 11.7. The molecule has 0 atom stereocenters. The fourth-order valence-corrected chi connectivity index (χ4v) is 5.48. The summed E-state index contributed by atoms with van der Waals surface area (Å²) < 4.78 is 14.4. The largest absolute Gasteiger partial charge is 0.494 e. The molecular weight excluding hydrogens is 588 g/mol. The Morgan fingerprint density at radius 1 is 1.15 bits per heavy atom. The molecule has 0 saturated carbocycles. The Bertz CT molecular complexity index is 1860. The molecule has 242 valence electrons. The lowest BCUT2D eigenvalue weighted by molar-refractivity contribution is -0.111. The van der Waals surface area contributed by atoms with Crippen LogP contribution in [0, 0.1) is 0 Å². The van der Waals surface area contributed by atoms with Gasteiger partial charge in [-0.15, -0.1) is 0 Å². The zero-order valence-corrected chi connectivity index (χ0v) is 27.1. The van der Waals surface area contributed by atoms with Gasteiger partial charge in [-0.3, -0.25) is 9.36 Å². The molecule has 3 heterocycles. The second-order valence-electron chi connectivity index (χ2n) is 11.7. The van der Waals surface area contributed by atoms with Crippen LogP contribution in [0.25, 0.3) is 16.9 Å². The third-order valence-corrected chi connectivity index (χ3v) is 7.70. The van der Waals surface area contributed by atoms with Gasteiger partial charge in [-0.1, -0.05) is 18.7 Å². The van der Waals surface area contributed by atoms with Crippen LogP contribution in [0.5, 0.6) is 5.75 Å². The van der Waals surface area contributed by atoms with Gasteiger partial charge in [-0.2, -0.15) is 4.98 Å². The second kappa shape index (κ2) is 13.4. The number of imidazole rings is 1. The number of ether oxygens (including phenoxy) is 2. The fraction of sp³-hybridized carbons (Fsp3) is 0.364. The third kappa shape index (κ3) is 6.45. The minimum Gasteiger partial charge on any atom is -0.494 e. The van der Waals surface area contributed by atoms with Crippen molar-refractivity contribution in [3.63, 3.8) is 0 Å². The number of amides is 1. The Morgan fingerprint density at radius 2 is 1.93 bits per heavy atom. The standard InChI is InChI=1S/C33H40N8O5/c1-8-28(42)35-23-17-24(27(45-7)18-26(23)39(6)16-15-38(4)5)36-32-34-19-22(31(43)46-20(2)3)30(37-32)41-25-13-9-11-21-12-10-14-40(29(21)25)33(41)44/h8-9,11,13,17-20H,1,10,12,14-16H2,2-7H3,(H,35,42)(H,34,36,37). The van der Waals surface area contributed by atoms with Gasteiger partial charge in [-0.05, 0) is 64.6 Å². The average molecular weight is 629 g/mol. The van der Waals surface area contributed by atoms with Crippen molar-refractivity contribution in [2.75, 3.05) is 56.9 Å². The molecule has 0 saturated heterocycles. The number of aromatic nitrogens is 4. The Balaban J connectivity index is 1.64. The summed E-state index contributed by atoms with van der Waals surface area (Å²) in [4.78, 5) is 52.8. The van der Waals surface area contributed by atoms with Gasteiger partial charge in [0, 0.05) is 38.9 Å². The van der Waals surface area contributed by atoms with Gasteiger partial charge in [0.15, 0.2) is 5.82 Å². The first-order valence-electron chi connectivity index (χ1n) is 15.1. The van der Waals surface area contributed by atoms with E-state index in [9.17, 15) is 14.4 Å². The molecule has 1 aliphatic rings. The summed E-state index contributed by atoms with van der Waals surface area (Å²) in [6.07, 6.45) is 3.84. The number of carbonyl (C=O) groups is 2. The maximum Gasteiger partial charge on any atom is 0.343 e. The van der Waals surface area contributed by atoms with Gasteiger partial charge in [0.05, 0.1) is 41.3 Å². The normalized spacial score (nSPS) is 12.3. The van der Waals surface area contributed by atoms with E-state index in [2.05, 4.69) is 27.1 Å². The van der Waals surface area contributed by atoms with Crippen LogP contribution < -0.4 is 26.0 Å². The number of hydrogen-bond donors (Lipinski definition) is 2. The van der Waals surface area contributed by atoms with Gasteiger partial charge in [0.25, 0.3) is 0 Å². The summed E-state index contributed by atoms with van der Waals surface area (Å²) in [5.74, 6) is -0.371. The number of methoxy groups -OCH3 is 1. The molecular formula is C33H40N8O5. The van der Waals surface area contributed by atoms with E-state index in [0.717, 1.165) is 36.2 Å². The summed E-state index contributed by atoms with van der Waals surface area (Å²) in [7, 11) is 7.44. The van der Waals surface area contributed by atoms with E-state index in [0.29, 0.717) is 35.7 Å². The van der Waals surface area contributed by atoms with Crippen LogP contribution in [0.1, 0.15) is 36.2 Å². The fourth-order valence-electron chi connectivity index (χ4n) is 5.48. The predicted molar refractivity (Wildman–Crippen MR) is 179 cm³/mol. The van der Waals surface area contributed by atoms with Crippen molar-refractivity contribution >= 4 is 45.9 Å². The molecule has 0 aliphatic carbocycles. The first-order chi connectivity index (χ1) is 22.0. The van der Waals surface area contributed by atoms with Crippen LogP contribution in [0.4, 0.5) is 23.0 Å². The third-order valence-electron chi connectivity index (χ3n) is 7.70. The molecule has 2 aromatic heterocycles. The summed E-state index contributed by atoms with van der Waals surface area (Å²) >= 11 is 0. The minimum atomic E-state index is -0.646. The number of anilines is 4. The number of likely N-dealkylation sites (N-methyl/N-ethyl adjacent to an activating group) is 2. The van der Waals surface area contributed by atoms with E-state index >= 15 is 0 Å². The molecule has 0 unspecified atom stereocenters. The summed E-state index contributed by atoms with van der Waals surface area (Å²) in [5.41, 5.74) is 3.97. The topological polar surface area (TPSA) is 136 Å². The van der Waals surface area contributed by atoms with E-state index in [1.165, 1.54) is 23.9 Å². The van der Waals surface area contributed by atoms with Crippen molar-refractivity contribution < 1.29 is 19.1 Å². The van der Waals surface area contributed by atoms with E-state index in [1.807, 2.05) is 44.2 Å². The van der Waals surface area contributed by atoms with Crippen LogP contribution in [0.15, 0.2) is 54.0 Å².